The van der Waals surface area contributed by atoms with Gasteiger partial charge in [-0.2, -0.15) is 0 Å². The maximum Gasteiger partial charge on any atom is 0.257 e. The van der Waals surface area contributed by atoms with Crippen LogP contribution in [0.1, 0.15) is 27.2 Å². The molecule has 7 nitrogen and oxygen atoms in total. The molecule has 0 saturated carbocycles. The maximum atomic E-state index is 12.8. The molecule has 0 aliphatic carbocycles. The Morgan fingerprint density at radius 1 is 1.09 bits per heavy atom. The molecule has 1 aliphatic heterocycles. The number of ether oxygens (including phenoxy) is 3. The molecule has 1 N–H and O–H groups in total. The van der Waals surface area contributed by atoms with Crippen molar-refractivity contribution in [3.63, 3.8) is 0 Å². The molecule has 1 aliphatic rings. The number of amides is 1. The van der Waals surface area contributed by atoms with Gasteiger partial charge in [0.2, 0.25) is 5.75 Å². The Balaban J connectivity index is 0.00000289. The Morgan fingerprint density at radius 2 is 1.78 bits per heavy atom. The fourth-order valence-electron chi connectivity index (χ4n) is 3.74. The molecule has 2 aromatic carbocycles. The third-order valence-corrected chi connectivity index (χ3v) is 6.10. The highest BCUT2D eigenvalue weighted by Gasteiger charge is 2.19. The van der Waals surface area contributed by atoms with Crippen LogP contribution < -0.4 is 19.5 Å². The summed E-state index contributed by atoms with van der Waals surface area (Å²) in [5, 5.41) is 5.42. The van der Waals surface area contributed by atoms with E-state index in [-0.39, 0.29) is 18.3 Å². The number of halogens is 1. The van der Waals surface area contributed by atoms with E-state index in [0.717, 1.165) is 31.7 Å². The van der Waals surface area contributed by atoms with E-state index in [1.807, 2.05) is 5.38 Å². The van der Waals surface area contributed by atoms with Gasteiger partial charge >= 0.3 is 0 Å². The lowest BCUT2D eigenvalue weighted by Crippen LogP contribution is -2.30. The van der Waals surface area contributed by atoms with E-state index in [9.17, 15) is 4.79 Å². The third-order valence-electron chi connectivity index (χ3n) is 5.29. The molecule has 0 unspecified atom stereocenters. The second-order valence-electron chi connectivity index (χ2n) is 7.24. The number of aromatic nitrogens is 1. The zero-order valence-corrected chi connectivity index (χ0v) is 19.8. The van der Waals surface area contributed by atoms with Crippen molar-refractivity contribution in [2.75, 3.05) is 33.2 Å². The van der Waals surface area contributed by atoms with Gasteiger partial charge in [0.05, 0.1) is 27.0 Å². The summed E-state index contributed by atoms with van der Waals surface area (Å²) in [4.78, 5) is 19.8. The highest BCUT2D eigenvalue weighted by molar-refractivity contribution is 7.14. The Kier molecular flexibility index (Phi) is 7.95. The molecule has 170 valence electrons. The number of fused-ring (bicyclic) bond motifs is 1. The van der Waals surface area contributed by atoms with Crippen molar-refractivity contribution in [2.24, 2.45) is 0 Å². The summed E-state index contributed by atoms with van der Waals surface area (Å²) in [7, 11) is 4.56. The van der Waals surface area contributed by atoms with E-state index in [1.165, 1.54) is 43.8 Å². The van der Waals surface area contributed by atoms with Crippen LogP contribution in [0, 0.1) is 0 Å². The van der Waals surface area contributed by atoms with Crippen LogP contribution in [0.2, 0.25) is 0 Å². The fraction of sp³-hybridized carbons (Fsp3) is 0.304. The van der Waals surface area contributed by atoms with Crippen LogP contribution in [0.15, 0.2) is 41.8 Å². The van der Waals surface area contributed by atoms with Crippen LogP contribution in [-0.4, -0.2) is 43.7 Å². The molecule has 0 radical (unpaired) electrons. The first-order chi connectivity index (χ1) is 15.1. The summed E-state index contributed by atoms with van der Waals surface area (Å²) in [5.41, 5.74) is 4.15. The van der Waals surface area contributed by atoms with Crippen molar-refractivity contribution in [2.45, 2.75) is 19.5 Å². The minimum absolute atomic E-state index is 0. The number of thiazole rings is 1. The van der Waals surface area contributed by atoms with E-state index in [0.29, 0.717) is 27.9 Å². The van der Waals surface area contributed by atoms with E-state index in [1.54, 1.807) is 12.1 Å². The Hall–Kier alpha value is -2.81. The molecule has 1 amide bonds. The first kappa shape index (κ1) is 23.8. The van der Waals surface area contributed by atoms with Crippen LogP contribution in [0.4, 0.5) is 5.13 Å². The SMILES string of the molecule is COc1cc(C(=O)Nc2nc(CN3CCc4ccccc4C3)cs2)cc(OC)c1OC.Cl. The average molecular weight is 476 g/mol. The van der Waals surface area contributed by atoms with Crippen LogP contribution in [0.5, 0.6) is 17.2 Å². The van der Waals surface area contributed by atoms with Gasteiger partial charge in [-0.15, -0.1) is 23.7 Å². The Labute approximate surface area is 197 Å². The van der Waals surface area contributed by atoms with Gasteiger partial charge < -0.3 is 14.2 Å². The minimum atomic E-state index is -0.285. The van der Waals surface area contributed by atoms with Crippen molar-refractivity contribution in [3.8, 4) is 17.2 Å². The predicted molar refractivity (Wildman–Crippen MR) is 128 cm³/mol. The molecule has 0 fully saturated rings. The van der Waals surface area contributed by atoms with Crippen molar-refractivity contribution < 1.29 is 19.0 Å². The van der Waals surface area contributed by atoms with Gasteiger partial charge in [0.15, 0.2) is 16.6 Å². The number of nitrogens with one attached hydrogen (secondary N) is 1. The maximum absolute atomic E-state index is 12.8. The standard InChI is InChI=1S/C23H25N3O4S.ClH/c1-28-19-10-17(11-20(29-2)21(19)30-3)22(27)25-23-24-18(14-31-23)13-26-9-8-15-6-4-5-7-16(15)12-26;/h4-7,10-11,14H,8-9,12-13H2,1-3H3,(H,24,25,27);1H. The Morgan fingerprint density at radius 3 is 2.44 bits per heavy atom. The molecule has 2 heterocycles. The highest BCUT2D eigenvalue weighted by atomic mass is 35.5. The van der Waals surface area contributed by atoms with Crippen molar-refractivity contribution >= 4 is 34.8 Å². The normalized spacial score (nSPS) is 13.0. The quantitative estimate of drug-likeness (QED) is 0.546. The number of hydrogen-bond acceptors (Lipinski definition) is 7. The smallest absolute Gasteiger partial charge is 0.257 e. The van der Waals surface area contributed by atoms with E-state index in [2.05, 4.69) is 39.5 Å². The van der Waals surface area contributed by atoms with Gasteiger partial charge in [0, 0.05) is 30.6 Å². The zero-order valence-electron chi connectivity index (χ0n) is 18.2. The van der Waals surface area contributed by atoms with Crippen LogP contribution >= 0.6 is 23.7 Å². The molecule has 4 rings (SSSR count). The second-order valence-corrected chi connectivity index (χ2v) is 8.10. The second kappa shape index (κ2) is 10.7. The predicted octanol–water partition coefficient (Wildman–Crippen LogP) is 4.40. The molecule has 0 spiro atoms. The number of methoxy groups -OCH3 is 3. The number of rotatable bonds is 7. The number of carbonyl (C=O) groups excluding carboxylic acids is 1. The van der Waals surface area contributed by atoms with Crippen LogP contribution in [0.25, 0.3) is 0 Å². The van der Waals surface area contributed by atoms with E-state index < -0.39 is 0 Å². The first-order valence-corrected chi connectivity index (χ1v) is 10.8. The molecule has 3 aromatic rings. The van der Waals surface area contributed by atoms with Gasteiger partial charge in [-0.3, -0.25) is 15.0 Å². The number of carbonyl (C=O) groups is 1. The van der Waals surface area contributed by atoms with Crippen LogP contribution in [-0.2, 0) is 19.5 Å². The molecule has 1 aromatic heterocycles. The van der Waals surface area contributed by atoms with Gasteiger partial charge in [0.1, 0.15) is 0 Å². The van der Waals surface area contributed by atoms with Crippen LogP contribution in [0.3, 0.4) is 0 Å². The summed E-state index contributed by atoms with van der Waals surface area (Å²) in [6.07, 6.45) is 1.05. The van der Waals surface area contributed by atoms with Gasteiger partial charge in [-0.1, -0.05) is 24.3 Å². The van der Waals surface area contributed by atoms with Crippen molar-refractivity contribution in [1.29, 1.82) is 0 Å². The van der Waals surface area contributed by atoms with Gasteiger partial charge in [-0.25, -0.2) is 4.98 Å². The number of benzene rings is 2. The number of nitrogens with zero attached hydrogens (tertiary/aromatic N) is 2. The fourth-order valence-corrected chi connectivity index (χ4v) is 4.43. The summed E-state index contributed by atoms with van der Waals surface area (Å²) in [5.74, 6) is 1.02. The van der Waals surface area contributed by atoms with E-state index >= 15 is 0 Å². The third kappa shape index (κ3) is 5.15. The number of hydrogen-bond donors (Lipinski definition) is 1. The monoisotopic (exact) mass is 475 g/mol. The van der Waals surface area contributed by atoms with Gasteiger partial charge in [0.25, 0.3) is 5.91 Å². The topological polar surface area (TPSA) is 72.9 Å². The summed E-state index contributed by atoms with van der Waals surface area (Å²) in [6, 6.07) is 11.8. The summed E-state index contributed by atoms with van der Waals surface area (Å²) < 4.78 is 16.0. The molecular formula is C23H26ClN3O4S. The molecule has 0 bridgehead atoms. The summed E-state index contributed by atoms with van der Waals surface area (Å²) in [6.45, 7) is 2.67. The lowest BCUT2D eigenvalue weighted by Gasteiger charge is -2.27. The Bertz CT molecular complexity index is 1060. The lowest BCUT2D eigenvalue weighted by molar-refractivity contribution is 0.102. The minimum Gasteiger partial charge on any atom is -0.493 e. The lowest BCUT2D eigenvalue weighted by atomic mass is 10.00. The van der Waals surface area contributed by atoms with E-state index in [4.69, 9.17) is 14.2 Å². The van der Waals surface area contributed by atoms with Crippen molar-refractivity contribution in [1.82, 2.24) is 9.88 Å². The van der Waals surface area contributed by atoms with Gasteiger partial charge in [-0.05, 0) is 29.7 Å². The summed E-state index contributed by atoms with van der Waals surface area (Å²) >= 11 is 1.42. The zero-order chi connectivity index (χ0) is 21.8. The number of anilines is 1. The molecule has 9 heteroatoms. The average Bonchev–Trinajstić information content (AvgIpc) is 3.24. The first-order valence-electron chi connectivity index (χ1n) is 9.96. The highest BCUT2D eigenvalue weighted by Crippen LogP contribution is 2.38. The largest absolute Gasteiger partial charge is 0.493 e. The van der Waals surface area contributed by atoms with Crippen molar-refractivity contribution in [3.05, 3.63) is 64.2 Å². The molecule has 32 heavy (non-hydrogen) atoms. The molecule has 0 atom stereocenters. The molecular weight excluding hydrogens is 450 g/mol. The molecule has 0 saturated heterocycles.